The van der Waals surface area contributed by atoms with Gasteiger partial charge in [0, 0.05) is 18.8 Å². The SMILES string of the molecule is CC1Cc2ccccc2N(CCCCC(C)(C)C#N)C1. The van der Waals surface area contributed by atoms with Gasteiger partial charge in [0.1, 0.15) is 0 Å². The number of hydrogen-bond acceptors (Lipinski definition) is 2. The van der Waals surface area contributed by atoms with Gasteiger partial charge >= 0.3 is 0 Å². The van der Waals surface area contributed by atoms with Crippen LogP contribution in [0.5, 0.6) is 0 Å². The van der Waals surface area contributed by atoms with Crippen molar-refractivity contribution in [2.45, 2.75) is 46.5 Å². The molecule has 1 aromatic rings. The average molecular weight is 270 g/mol. The lowest BCUT2D eigenvalue weighted by molar-refractivity contribution is 0.423. The van der Waals surface area contributed by atoms with Crippen LogP contribution in [0, 0.1) is 22.7 Å². The van der Waals surface area contributed by atoms with E-state index in [9.17, 15) is 0 Å². The van der Waals surface area contributed by atoms with E-state index in [-0.39, 0.29) is 5.41 Å². The summed E-state index contributed by atoms with van der Waals surface area (Å²) in [5.41, 5.74) is 2.74. The predicted octanol–water partition coefficient (Wildman–Crippen LogP) is 4.41. The number of fused-ring (bicyclic) bond motifs is 1. The Labute approximate surface area is 123 Å². The molecule has 0 bridgehead atoms. The molecule has 2 heteroatoms. The molecule has 0 aromatic heterocycles. The Hall–Kier alpha value is -1.49. The number of nitrogens with zero attached hydrogens (tertiary/aromatic N) is 2. The number of hydrogen-bond donors (Lipinski definition) is 0. The highest BCUT2D eigenvalue weighted by molar-refractivity contribution is 5.55. The lowest BCUT2D eigenvalue weighted by atomic mass is 9.89. The van der Waals surface area contributed by atoms with Crippen LogP contribution in [0.25, 0.3) is 0 Å². The van der Waals surface area contributed by atoms with Crippen LogP contribution in [-0.2, 0) is 6.42 Å². The molecular formula is C18H26N2. The molecule has 1 atom stereocenters. The summed E-state index contributed by atoms with van der Waals surface area (Å²) in [4.78, 5) is 2.53. The minimum atomic E-state index is -0.174. The Morgan fingerprint density at radius 3 is 2.80 bits per heavy atom. The Morgan fingerprint density at radius 2 is 2.05 bits per heavy atom. The van der Waals surface area contributed by atoms with Crippen molar-refractivity contribution in [3.05, 3.63) is 29.8 Å². The van der Waals surface area contributed by atoms with E-state index in [1.165, 1.54) is 30.6 Å². The lowest BCUT2D eigenvalue weighted by Gasteiger charge is -2.35. The van der Waals surface area contributed by atoms with Crippen LogP contribution in [0.3, 0.4) is 0 Å². The maximum Gasteiger partial charge on any atom is 0.0683 e. The average Bonchev–Trinajstić information content (AvgIpc) is 2.43. The second-order valence-electron chi connectivity index (χ2n) is 6.84. The smallest absolute Gasteiger partial charge is 0.0683 e. The molecule has 0 spiro atoms. The monoisotopic (exact) mass is 270 g/mol. The van der Waals surface area contributed by atoms with E-state index in [0.29, 0.717) is 0 Å². The van der Waals surface area contributed by atoms with E-state index in [2.05, 4.69) is 42.2 Å². The summed E-state index contributed by atoms with van der Waals surface area (Å²) in [6.07, 6.45) is 4.50. The third-order valence-electron chi connectivity index (χ3n) is 4.22. The molecule has 0 fully saturated rings. The number of unbranched alkanes of at least 4 members (excludes halogenated alkanes) is 1. The molecule has 1 aliphatic rings. The third-order valence-corrected chi connectivity index (χ3v) is 4.22. The van der Waals surface area contributed by atoms with Crippen LogP contribution < -0.4 is 4.90 Å². The van der Waals surface area contributed by atoms with Crippen LogP contribution in [0.15, 0.2) is 24.3 Å². The molecule has 0 saturated carbocycles. The minimum absolute atomic E-state index is 0.174. The standard InChI is InChI=1S/C18H26N2/c1-15-12-16-8-4-5-9-17(16)20(13-15)11-7-6-10-18(2,3)14-19/h4-5,8-9,15H,6-7,10-13H2,1-3H3. The van der Waals surface area contributed by atoms with Crippen LogP contribution in [0.4, 0.5) is 5.69 Å². The van der Waals surface area contributed by atoms with Crippen molar-refractivity contribution in [3.63, 3.8) is 0 Å². The van der Waals surface area contributed by atoms with Gasteiger partial charge in [-0.2, -0.15) is 5.26 Å². The van der Waals surface area contributed by atoms with Gasteiger partial charge in [-0.3, -0.25) is 0 Å². The summed E-state index contributed by atoms with van der Waals surface area (Å²) in [6.45, 7) is 8.68. The first-order valence-electron chi connectivity index (χ1n) is 7.76. The number of rotatable bonds is 5. The molecule has 0 amide bonds. The third kappa shape index (κ3) is 3.76. The van der Waals surface area contributed by atoms with Crippen molar-refractivity contribution in [3.8, 4) is 6.07 Å². The number of benzene rings is 1. The normalized spacial score (nSPS) is 18.5. The summed E-state index contributed by atoms with van der Waals surface area (Å²) in [6, 6.07) is 11.2. The van der Waals surface area contributed by atoms with Crippen molar-refractivity contribution in [2.24, 2.45) is 11.3 Å². The fraction of sp³-hybridized carbons (Fsp3) is 0.611. The first kappa shape index (κ1) is 14.9. The van der Waals surface area contributed by atoms with Gasteiger partial charge < -0.3 is 4.90 Å². The van der Waals surface area contributed by atoms with Gasteiger partial charge in [-0.1, -0.05) is 31.5 Å². The second-order valence-corrected chi connectivity index (χ2v) is 6.84. The van der Waals surface area contributed by atoms with E-state index < -0.39 is 0 Å². The lowest BCUT2D eigenvalue weighted by Crippen LogP contribution is -2.35. The summed E-state index contributed by atoms with van der Waals surface area (Å²) < 4.78 is 0. The summed E-state index contributed by atoms with van der Waals surface area (Å²) in [5.74, 6) is 0.737. The fourth-order valence-corrected chi connectivity index (χ4v) is 3.04. The molecule has 1 aliphatic heterocycles. The highest BCUT2D eigenvalue weighted by Crippen LogP contribution is 2.30. The Bertz CT molecular complexity index is 484. The van der Waals surface area contributed by atoms with E-state index >= 15 is 0 Å². The second kappa shape index (κ2) is 6.31. The first-order valence-corrected chi connectivity index (χ1v) is 7.76. The maximum atomic E-state index is 9.05. The molecule has 0 N–H and O–H groups in total. The fourth-order valence-electron chi connectivity index (χ4n) is 3.04. The maximum absolute atomic E-state index is 9.05. The number of nitriles is 1. The molecule has 1 aromatic carbocycles. The minimum Gasteiger partial charge on any atom is -0.371 e. The van der Waals surface area contributed by atoms with Crippen molar-refractivity contribution < 1.29 is 0 Å². The Balaban J connectivity index is 1.89. The van der Waals surface area contributed by atoms with Gasteiger partial charge in [0.15, 0.2) is 0 Å². The quantitative estimate of drug-likeness (QED) is 0.741. The van der Waals surface area contributed by atoms with Crippen LogP contribution in [-0.4, -0.2) is 13.1 Å². The predicted molar refractivity (Wildman–Crippen MR) is 84.8 cm³/mol. The van der Waals surface area contributed by atoms with Gasteiger partial charge in [-0.25, -0.2) is 0 Å². The van der Waals surface area contributed by atoms with E-state index in [1.807, 2.05) is 13.8 Å². The molecule has 1 unspecified atom stereocenters. The van der Waals surface area contributed by atoms with Crippen molar-refractivity contribution in [1.29, 1.82) is 5.26 Å². The van der Waals surface area contributed by atoms with Crippen LogP contribution in [0.1, 0.15) is 45.6 Å². The van der Waals surface area contributed by atoms with Crippen molar-refractivity contribution in [2.75, 3.05) is 18.0 Å². The zero-order chi connectivity index (χ0) is 14.6. The molecule has 20 heavy (non-hydrogen) atoms. The molecule has 2 nitrogen and oxygen atoms in total. The molecule has 0 aliphatic carbocycles. The highest BCUT2D eigenvalue weighted by Gasteiger charge is 2.21. The summed E-state index contributed by atoms with van der Waals surface area (Å²) in [7, 11) is 0. The molecule has 0 radical (unpaired) electrons. The first-order chi connectivity index (χ1) is 9.52. The zero-order valence-electron chi connectivity index (χ0n) is 13.0. The molecule has 0 saturated heterocycles. The van der Waals surface area contributed by atoms with Crippen LogP contribution >= 0.6 is 0 Å². The Kier molecular flexibility index (Phi) is 4.70. The summed E-state index contributed by atoms with van der Waals surface area (Å²) >= 11 is 0. The van der Waals surface area contributed by atoms with Gasteiger partial charge in [0.2, 0.25) is 0 Å². The molecule has 2 rings (SSSR count). The van der Waals surface area contributed by atoms with E-state index in [0.717, 1.165) is 25.3 Å². The largest absolute Gasteiger partial charge is 0.371 e. The van der Waals surface area contributed by atoms with Gasteiger partial charge in [0.05, 0.1) is 11.5 Å². The molecule has 1 heterocycles. The van der Waals surface area contributed by atoms with Gasteiger partial charge in [0.25, 0.3) is 0 Å². The van der Waals surface area contributed by atoms with Gasteiger partial charge in [-0.15, -0.1) is 0 Å². The zero-order valence-corrected chi connectivity index (χ0v) is 13.0. The topological polar surface area (TPSA) is 27.0 Å². The van der Waals surface area contributed by atoms with E-state index in [1.54, 1.807) is 0 Å². The Morgan fingerprint density at radius 1 is 1.30 bits per heavy atom. The van der Waals surface area contributed by atoms with Crippen molar-refractivity contribution >= 4 is 5.69 Å². The number of anilines is 1. The molecule has 108 valence electrons. The van der Waals surface area contributed by atoms with Crippen LogP contribution in [0.2, 0.25) is 0 Å². The molecular weight excluding hydrogens is 244 g/mol. The van der Waals surface area contributed by atoms with Crippen molar-refractivity contribution in [1.82, 2.24) is 0 Å². The number of para-hydroxylation sites is 1. The summed E-state index contributed by atoms with van der Waals surface area (Å²) in [5, 5.41) is 9.05. The van der Waals surface area contributed by atoms with E-state index in [4.69, 9.17) is 5.26 Å². The van der Waals surface area contributed by atoms with Gasteiger partial charge in [-0.05, 0) is 50.7 Å². The highest BCUT2D eigenvalue weighted by atomic mass is 15.1.